The van der Waals surface area contributed by atoms with E-state index < -0.39 is 0 Å². The molecule has 0 bridgehead atoms. The number of carbonyl (C=O) groups excluding carboxylic acids is 1. The van der Waals surface area contributed by atoms with Gasteiger partial charge in [0.15, 0.2) is 0 Å². The van der Waals surface area contributed by atoms with E-state index in [2.05, 4.69) is 30.6 Å². The number of nitrogens with one attached hydrogen (secondary N) is 2. The van der Waals surface area contributed by atoms with Gasteiger partial charge in [0.25, 0.3) is 5.91 Å². The molecule has 0 aromatic carbocycles. The van der Waals surface area contributed by atoms with Crippen LogP contribution in [0, 0.1) is 0 Å². The Bertz CT molecular complexity index is 1080. The Morgan fingerprint density at radius 1 is 1.36 bits per heavy atom. The number of rotatable bonds is 5. The molecule has 1 unspecified atom stereocenters. The van der Waals surface area contributed by atoms with E-state index in [4.69, 9.17) is 4.74 Å². The zero-order chi connectivity index (χ0) is 18.9. The van der Waals surface area contributed by atoms with Crippen molar-refractivity contribution in [3.8, 4) is 21.3 Å². The molecular formula is C17H15N7O2S2. The second-order valence-corrected chi connectivity index (χ2v) is 7.96. The SMILES string of the molecule is O=C(Nc1cn(C2CCOC2)nc1-c1nccs1)c1csc(-c2cn[nH]c2)n1. The van der Waals surface area contributed by atoms with Crippen molar-refractivity contribution in [2.24, 2.45) is 0 Å². The van der Waals surface area contributed by atoms with E-state index in [-0.39, 0.29) is 11.9 Å². The Balaban J connectivity index is 1.43. The molecule has 2 N–H and O–H groups in total. The van der Waals surface area contributed by atoms with Crippen LogP contribution in [0.4, 0.5) is 5.69 Å². The highest BCUT2D eigenvalue weighted by atomic mass is 32.1. The van der Waals surface area contributed by atoms with Crippen molar-refractivity contribution < 1.29 is 9.53 Å². The first-order chi connectivity index (χ1) is 13.8. The fourth-order valence-corrected chi connectivity index (χ4v) is 4.38. The van der Waals surface area contributed by atoms with Crippen LogP contribution in [0.25, 0.3) is 21.3 Å². The van der Waals surface area contributed by atoms with Gasteiger partial charge in [0, 0.05) is 41.5 Å². The van der Waals surface area contributed by atoms with Crippen LogP contribution >= 0.6 is 22.7 Å². The Labute approximate surface area is 167 Å². The zero-order valence-corrected chi connectivity index (χ0v) is 16.2. The summed E-state index contributed by atoms with van der Waals surface area (Å²) in [5, 5.41) is 19.4. The van der Waals surface area contributed by atoms with Crippen LogP contribution in [0.1, 0.15) is 23.0 Å². The molecule has 1 fully saturated rings. The number of H-pyrrole nitrogens is 1. The lowest BCUT2D eigenvalue weighted by Gasteiger charge is -2.06. The molecule has 1 aliphatic rings. The van der Waals surface area contributed by atoms with Crippen molar-refractivity contribution in [3.05, 3.63) is 41.2 Å². The average molecular weight is 413 g/mol. The van der Waals surface area contributed by atoms with Crippen LogP contribution in [0.15, 0.2) is 35.5 Å². The minimum Gasteiger partial charge on any atom is -0.379 e. The van der Waals surface area contributed by atoms with Crippen LogP contribution < -0.4 is 5.32 Å². The first-order valence-corrected chi connectivity index (χ1v) is 10.4. The van der Waals surface area contributed by atoms with Gasteiger partial charge in [0.05, 0.1) is 24.5 Å². The summed E-state index contributed by atoms with van der Waals surface area (Å²) < 4.78 is 7.32. The number of ether oxygens (including phenoxy) is 1. The van der Waals surface area contributed by atoms with Gasteiger partial charge in [-0.3, -0.25) is 14.6 Å². The van der Waals surface area contributed by atoms with Crippen molar-refractivity contribution in [2.75, 3.05) is 18.5 Å². The van der Waals surface area contributed by atoms with Crippen LogP contribution in [-0.2, 0) is 4.74 Å². The molecule has 5 rings (SSSR count). The Morgan fingerprint density at radius 2 is 2.32 bits per heavy atom. The molecular weight excluding hydrogens is 398 g/mol. The van der Waals surface area contributed by atoms with Gasteiger partial charge < -0.3 is 10.1 Å². The first-order valence-electron chi connectivity index (χ1n) is 8.61. The minimum atomic E-state index is -0.286. The van der Waals surface area contributed by atoms with E-state index in [1.165, 1.54) is 22.7 Å². The Kier molecular flexibility index (Phi) is 4.47. The third-order valence-electron chi connectivity index (χ3n) is 4.38. The molecule has 142 valence electrons. The molecule has 1 saturated heterocycles. The fourth-order valence-electron chi connectivity index (χ4n) is 2.96. The molecule has 4 aromatic rings. The largest absolute Gasteiger partial charge is 0.379 e. The van der Waals surface area contributed by atoms with E-state index in [0.29, 0.717) is 30.3 Å². The highest BCUT2D eigenvalue weighted by Crippen LogP contribution is 2.31. The smallest absolute Gasteiger partial charge is 0.275 e. The molecule has 1 atom stereocenters. The molecule has 0 saturated carbocycles. The molecule has 0 radical (unpaired) electrons. The van der Waals surface area contributed by atoms with Crippen molar-refractivity contribution in [1.82, 2.24) is 29.9 Å². The second kappa shape index (κ2) is 7.26. The number of thiazole rings is 2. The molecule has 9 nitrogen and oxygen atoms in total. The number of aromatic nitrogens is 6. The summed E-state index contributed by atoms with van der Waals surface area (Å²) in [6.45, 7) is 1.33. The van der Waals surface area contributed by atoms with Gasteiger partial charge in [-0.15, -0.1) is 22.7 Å². The number of amides is 1. The molecule has 1 amide bonds. The summed E-state index contributed by atoms with van der Waals surface area (Å²) in [6.07, 6.45) is 7.88. The molecule has 1 aliphatic heterocycles. The van der Waals surface area contributed by atoms with E-state index in [9.17, 15) is 4.79 Å². The topological polar surface area (TPSA) is 111 Å². The number of anilines is 1. The van der Waals surface area contributed by atoms with Gasteiger partial charge >= 0.3 is 0 Å². The van der Waals surface area contributed by atoms with Gasteiger partial charge in [0.2, 0.25) is 0 Å². The van der Waals surface area contributed by atoms with Crippen LogP contribution in [-0.4, -0.2) is 49.1 Å². The molecule has 28 heavy (non-hydrogen) atoms. The fraction of sp³-hybridized carbons (Fsp3) is 0.235. The van der Waals surface area contributed by atoms with E-state index in [1.807, 2.05) is 16.3 Å². The summed E-state index contributed by atoms with van der Waals surface area (Å²) in [5.74, 6) is -0.286. The standard InChI is InChI=1S/C17H15N7O2S2/c25-15(13-9-28-16(22-13)10-5-19-20-6-10)21-12-7-24(11-1-3-26-8-11)23-14(12)17-18-2-4-27-17/h2,4-7,9,11H,1,3,8H2,(H,19,20)(H,21,25). The third kappa shape index (κ3) is 3.23. The minimum absolute atomic E-state index is 0.163. The maximum Gasteiger partial charge on any atom is 0.275 e. The van der Waals surface area contributed by atoms with Gasteiger partial charge in [-0.2, -0.15) is 10.2 Å². The lowest BCUT2D eigenvalue weighted by Crippen LogP contribution is -2.12. The monoisotopic (exact) mass is 413 g/mol. The lowest BCUT2D eigenvalue weighted by atomic mass is 10.3. The van der Waals surface area contributed by atoms with Crippen LogP contribution in [0.3, 0.4) is 0 Å². The quantitative estimate of drug-likeness (QED) is 0.520. The summed E-state index contributed by atoms with van der Waals surface area (Å²) in [6, 6.07) is 0.163. The van der Waals surface area contributed by atoms with Crippen molar-refractivity contribution in [3.63, 3.8) is 0 Å². The number of hydrogen-bond donors (Lipinski definition) is 2. The van der Waals surface area contributed by atoms with E-state index in [0.717, 1.165) is 22.0 Å². The predicted octanol–water partition coefficient (Wildman–Crippen LogP) is 3.07. The number of aromatic amines is 1. The summed E-state index contributed by atoms with van der Waals surface area (Å²) >= 11 is 2.87. The summed E-state index contributed by atoms with van der Waals surface area (Å²) in [4.78, 5) is 21.5. The molecule has 4 aromatic heterocycles. The van der Waals surface area contributed by atoms with Crippen molar-refractivity contribution in [2.45, 2.75) is 12.5 Å². The maximum atomic E-state index is 12.8. The molecule has 5 heterocycles. The first kappa shape index (κ1) is 17.2. The van der Waals surface area contributed by atoms with E-state index >= 15 is 0 Å². The van der Waals surface area contributed by atoms with E-state index in [1.54, 1.807) is 24.0 Å². The molecule has 0 spiro atoms. The van der Waals surface area contributed by atoms with Gasteiger partial charge in [-0.25, -0.2) is 9.97 Å². The normalized spacial score (nSPS) is 16.5. The lowest BCUT2D eigenvalue weighted by molar-refractivity contribution is 0.102. The van der Waals surface area contributed by atoms with Gasteiger partial charge in [-0.1, -0.05) is 0 Å². The van der Waals surface area contributed by atoms with Crippen molar-refractivity contribution >= 4 is 34.3 Å². The highest BCUT2D eigenvalue weighted by Gasteiger charge is 2.23. The van der Waals surface area contributed by atoms with Gasteiger partial charge in [0.1, 0.15) is 21.4 Å². The van der Waals surface area contributed by atoms with Crippen molar-refractivity contribution in [1.29, 1.82) is 0 Å². The van der Waals surface area contributed by atoms with Crippen LogP contribution in [0.5, 0.6) is 0 Å². The number of hydrogen-bond acceptors (Lipinski definition) is 8. The third-order valence-corrected chi connectivity index (χ3v) is 6.05. The van der Waals surface area contributed by atoms with Crippen LogP contribution in [0.2, 0.25) is 0 Å². The van der Waals surface area contributed by atoms with Gasteiger partial charge in [-0.05, 0) is 6.42 Å². The second-order valence-electron chi connectivity index (χ2n) is 6.21. The predicted molar refractivity (Wildman–Crippen MR) is 105 cm³/mol. The highest BCUT2D eigenvalue weighted by molar-refractivity contribution is 7.13. The summed E-state index contributed by atoms with van der Waals surface area (Å²) in [5.41, 5.74) is 2.47. The zero-order valence-electron chi connectivity index (χ0n) is 14.5. The maximum absolute atomic E-state index is 12.8. The average Bonchev–Trinajstić information content (AvgIpc) is 3.54. The number of nitrogens with zero attached hydrogens (tertiary/aromatic N) is 5. The Morgan fingerprint density at radius 3 is 3.07 bits per heavy atom. The summed E-state index contributed by atoms with van der Waals surface area (Å²) in [7, 11) is 0. The molecule has 0 aliphatic carbocycles. The number of carbonyl (C=O) groups is 1. The molecule has 11 heteroatoms. The Hall–Kier alpha value is -2.89.